The van der Waals surface area contributed by atoms with E-state index in [1.807, 2.05) is 6.92 Å². The Bertz CT molecular complexity index is 485. The van der Waals surface area contributed by atoms with Gasteiger partial charge in [-0.05, 0) is 19.3 Å². The molecule has 0 atom stereocenters. The molecule has 0 radical (unpaired) electrons. The molecule has 26 heavy (non-hydrogen) atoms. The van der Waals surface area contributed by atoms with Crippen molar-refractivity contribution in [3.8, 4) is 0 Å². The van der Waals surface area contributed by atoms with E-state index in [-0.39, 0.29) is 23.6 Å². The molecule has 0 spiro atoms. The maximum Gasteiger partial charge on any atom is 0.321 e. The highest BCUT2D eigenvalue weighted by atomic mass is 33.1. The van der Waals surface area contributed by atoms with Gasteiger partial charge in [-0.25, -0.2) is 9.59 Å². The number of carbonyl (C=O) groups is 4. The van der Waals surface area contributed by atoms with Gasteiger partial charge in [0.1, 0.15) is 0 Å². The molecule has 0 aromatic rings. The SMILES string of the molecule is CCCCC(=O)NC(=O)NCCSSCC(=O)NC(=O)NC1CCCC1. The van der Waals surface area contributed by atoms with Crippen molar-refractivity contribution in [1.29, 1.82) is 0 Å². The fourth-order valence-electron chi connectivity index (χ4n) is 2.39. The lowest BCUT2D eigenvalue weighted by atomic mass is 10.2. The first-order valence-corrected chi connectivity index (χ1v) is 11.4. The van der Waals surface area contributed by atoms with E-state index in [2.05, 4.69) is 21.3 Å². The molecule has 0 aromatic heterocycles. The zero-order valence-electron chi connectivity index (χ0n) is 15.1. The number of amides is 6. The summed E-state index contributed by atoms with van der Waals surface area (Å²) in [6.07, 6.45) is 6.17. The summed E-state index contributed by atoms with van der Waals surface area (Å²) in [6, 6.07) is -0.757. The summed E-state index contributed by atoms with van der Waals surface area (Å²) in [5, 5.41) is 9.95. The molecule has 0 aromatic carbocycles. The molecule has 10 heteroatoms. The molecular formula is C16H28N4O4S2. The largest absolute Gasteiger partial charge is 0.337 e. The Kier molecular flexibility index (Phi) is 12.0. The van der Waals surface area contributed by atoms with Crippen molar-refractivity contribution in [3.05, 3.63) is 0 Å². The van der Waals surface area contributed by atoms with E-state index in [4.69, 9.17) is 0 Å². The highest BCUT2D eigenvalue weighted by molar-refractivity contribution is 8.76. The molecule has 4 N–H and O–H groups in total. The smallest absolute Gasteiger partial charge is 0.321 e. The van der Waals surface area contributed by atoms with E-state index in [0.717, 1.165) is 38.5 Å². The van der Waals surface area contributed by atoms with Crippen LogP contribution in [0, 0.1) is 0 Å². The van der Waals surface area contributed by atoms with Gasteiger partial charge >= 0.3 is 12.1 Å². The van der Waals surface area contributed by atoms with Crippen LogP contribution in [0.15, 0.2) is 0 Å². The van der Waals surface area contributed by atoms with Gasteiger partial charge in [-0.2, -0.15) is 0 Å². The van der Waals surface area contributed by atoms with Crippen LogP contribution in [0.3, 0.4) is 0 Å². The molecule has 1 fully saturated rings. The Balaban J connectivity index is 1.97. The maximum atomic E-state index is 11.7. The van der Waals surface area contributed by atoms with Crippen molar-refractivity contribution in [2.45, 2.75) is 57.9 Å². The van der Waals surface area contributed by atoms with Crippen molar-refractivity contribution >= 4 is 45.5 Å². The van der Waals surface area contributed by atoms with Gasteiger partial charge in [0.05, 0.1) is 5.75 Å². The third-order valence-corrected chi connectivity index (χ3v) is 5.97. The predicted molar refractivity (Wildman–Crippen MR) is 105 cm³/mol. The highest BCUT2D eigenvalue weighted by Gasteiger charge is 2.18. The molecule has 1 saturated carbocycles. The summed E-state index contributed by atoms with van der Waals surface area (Å²) in [7, 11) is 2.72. The van der Waals surface area contributed by atoms with Gasteiger partial charge in [-0.3, -0.25) is 20.2 Å². The van der Waals surface area contributed by atoms with Gasteiger partial charge in [-0.15, -0.1) is 0 Å². The molecular weight excluding hydrogens is 376 g/mol. The Morgan fingerprint density at radius 2 is 1.65 bits per heavy atom. The van der Waals surface area contributed by atoms with Crippen LogP contribution < -0.4 is 21.3 Å². The molecule has 1 aliphatic carbocycles. The Morgan fingerprint density at radius 1 is 0.962 bits per heavy atom. The molecule has 6 amide bonds. The minimum Gasteiger partial charge on any atom is -0.337 e. The van der Waals surface area contributed by atoms with E-state index in [0.29, 0.717) is 18.7 Å². The number of urea groups is 2. The van der Waals surface area contributed by atoms with E-state index in [9.17, 15) is 19.2 Å². The molecule has 0 saturated heterocycles. The van der Waals surface area contributed by atoms with Gasteiger partial charge in [0.15, 0.2) is 0 Å². The topological polar surface area (TPSA) is 116 Å². The highest BCUT2D eigenvalue weighted by Crippen LogP contribution is 2.20. The normalized spacial score (nSPS) is 13.9. The van der Waals surface area contributed by atoms with Gasteiger partial charge in [0.25, 0.3) is 0 Å². The first kappa shape index (κ1) is 22.6. The second-order valence-corrected chi connectivity index (χ2v) is 8.58. The molecule has 1 rings (SSSR count). The summed E-state index contributed by atoms with van der Waals surface area (Å²) in [5.41, 5.74) is 0. The molecule has 1 aliphatic rings. The third kappa shape index (κ3) is 11.2. The van der Waals surface area contributed by atoms with Crippen molar-refractivity contribution in [2.24, 2.45) is 0 Å². The van der Waals surface area contributed by atoms with Gasteiger partial charge in [-0.1, -0.05) is 47.8 Å². The Labute approximate surface area is 162 Å². The lowest BCUT2D eigenvalue weighted by Crippen LogP contribution is -2.44. The number of nitrogens with one attached hydrogen (secondary N) is 4. The fraction of sp³-hybridized carbons (Fsp3) is 0.750. The van der Waals surface area contributed by atoms with E-state index >= 15 is 0 Å². The monoisotopic (exact) mass is 404 g/mol. The first-order chi connectivity index (χ1) is 12.5. The van der Waals surface area contributed by atoms with Crippen LogP contribution >= 0.6 is 21.6 Å². The summed E-state index contributed by atoms with van der Waals surface area (Å²) >= 11 is 0. The summed E-state index contributed by atoms with van der Waals surface area (Å²) in [6.45, 7) is 2.36. The zero-order chi connectivity index (χ0) is 19.2. The van der Waals surface area contributed by atoms with Gasteiger partial charge < -0.3 is 10.6 Å². The number of carbonyl (C=O) groups excluding carboxylic acids is 4. The number of rotatable bonds is 10. The predicted octanol–water partition coefficient (Wildman–Crippen LogP) is 2.15. The van der Waals surface area contributed by atoms with Crippen LogP contribution in [0.25, 0.3) is 0 Å². The maximum absolute atomic E-state index is 11.7. The van der Waals surface area contributed by atoms with Crippen molar-refractivity contribution in [1.82, 2.24) is 21.3 Å². The molecule has 0 heterocycles. The van der Waals surface area contributed by atoms with E-state index in [1.165, 1.54) is 21.6 Å². The van der Waals surface area contributed by atoms with Crippen LogP contribution in [-0.2, 0) is 9.59 Å². The molecule has 0 bridgehead atoms. The van der Waals surface area contributed by atoms with Gasteiger partial charge in [0.2, 0.25) is 11.8 Å². The first-order valence-electron chi connectivity index (χ1n) is 8.93. The summed E-state index contributed by atoms with van der Waals surface area (Å²) in [4.78, 5) is 46.1. The average molecular weight is 405 g/mol. The molecule has 8 nitrogen and oxygen atoms in total. The minimum absolute atomic E-state index is 0.157. The van der Waals surface area contributed by atoms with Crippen LogP contribution in [0.5, 0.6) is 0 Å². The zero-order valence-corrected chi connectivity index (χ0v) is 16.7. The quantitative estimate of drug-likeness (QED) is 0.327. The average Bonchev–Trinajstić information content (AvgIpc) is 3.08. The lowest BCUT2D eigenvalue weighted by Gasteiger charge is -2.12. The van der Waals surface area contributed by atoms with Crippen LogP contribution in [-0.4, -0.2) is 48.0 Å². The van der Waals surface area contributed by atoms with Crippen molar-refractivity contribution in [3.63, 3.8) is 0 Å². The van der Waals surface area contributed by atoms with Crippen LogP contribution in [0.1, 0.15) is 51.9 Å². The third-order valence-electron chi connectivity index (χ3n) is 3.70. The van der Waals surface area contributed by atoms with E-state index in [1.54, 1.807) is 0 Å². The van der Waals surface area contributed by atoms with E-state index < -0.39 is 12.1 Å². The summed E-state index contributed by atoms with van der Waals surface area (Å²) < 4.78 is 0. The summed E-state index contributed by atoms with van der Waals surface area (Å²) in [5.74, 6) is 0.122. The minimum atomic E-state index is -0.502. The standard InChI is InChI=1S/C16H28N4O4S2/c1-2-3-8-13(21)19-15(23)17-9-10-25-26-11-14(22)20-16(24)18-12-6-4-5-7-12/h12H,2-11H2,1H3,(H2,17,19,21,23)(H2,18,20,22,24). The number of hydrogen-bond acceptors (Lipinski definition) is 6. The van der Waals surface area contributed by atoms with Crippen molar-refractivity contribution < 1.29 is 19.2 Å². The fourth-order valence-corrected chi connectivity index (χ4v) is 4.13. The van der Waals surface area contributed by atoms with Gasteiger partial charge in [0, 0.05) is 24.8 Å². The Hall–Kier alpha value is -1.42. The molecule has 0 unspecified atom stereocenters. The number of hydrogen-bond donors (Lipinski definition) is 4. The second kappa shape index (κ2) is 13.7. The number of imide groups is 2. The molecule has 0 aliphatic heterocycles. The molecule has 148 valence electrons. The Morgan fingerprint density at radius 3 is 2.35 bits per heavy atom. The second-order valence-electron chi connectivity index (χ2n) is 5.99. The number of unbranched alkanes of at least 4 members (excludes halogenated alkanes) is 1. The lowest BCUT2D eigenvalue weighted by molar-refractivity contribution is -0.120. The van der Waals surface area contributed by atoms with Crippen LogP contribution in [0.4, 0.5) is 9.59 Å². The van der Waals surface area contributed by atoms with Crippen molar-refractivity contribution in [2.75, 3.05) is 18.1 Å². The van der Waals surface area contributed by atoms with Crippen LogP contribution in [0.2, 0.25) is 0 Å².